The third kappa shape index (κ3) is 2.94. The molecule has 5 heteroatoms. The Balaban J connectivity index is 1.67. The highest BCUT2D eigenvalue weighted by Crippen LogP contribution is 2.34. The first-order valence-corrected chi connectivity index (χ1v) is 9.50. The average Bonchev–Trinajstić information content (AvgIpc) is 3.33. The van der Waals surface area contributed by atoms with Gasteiger partial charge in [-0.3, -0.25) is 0 Å². The highest BCUT2D eigenvalue weighted by atomic mass is 16.3. The van der Waals surface area contributed by atoms with Crippen LogP contribution >= 0.6 is 0 Å². The second-order valence-electron chi connectivity index (χ2n) is 7.17. The van der Waals surface area contributed by atoms with Gasteiger partial charge >= 0.3 is 0 Å². The van der Waals surface area contributed by atoms with E-state index < -0.39 is 0 Å². The molecule has 136 valence electrons. The first kappa shape index (κ1) is 16.3. The van der Waals surface area contributed by atoms with Gasteiger partial charge in [-0.25, -0.2) is 9.97 Å². The third-order valence-electron chi connectivity index (χ3n) is 5.29. The van der Waals surface area contributed by atoms with Gasteiger partial charge in [-0.15, -0.1) is 0 Å². The number of nitrogens with one attached hydrogen (secondary N) is 1. The van der Waals surface area contributed by atoms with E-state index in [9.17, 15) is 0 Å². The Morgan fingerprint density at radius 2 is 1.81 bits per heavy atom. The van der Waals surface area contributed by atoms with Crippen LogP contribution in [0.3, 0.4) is 0 Å². The molecule has 1 aliphatic heterocycles. The molecule has 3 heterocycles. The predicted octanol–water partition coefficient (Wildman–Crippen LogP) is 4.59. The molecule has 0 unspecified atom stereocenters. The second-order valence-corrected chi connectivity index (χ2v) is 7.17. The maximum absolute atomic E-state index is 6.07. The standard InChI is InChI=1S/C22H22N4O/c1-15-6-8-16(9-7-15)21-24-14-19(26(21)17-10-12-23-13-11-17)22-25-18-4-2-3-5-20(18)27-22/h2-9,14,17,23H,10-13H2,1H3. The molecule has 0 atom stereocenters. The Morgan fingerprint density at radius 3 is 2.59 bits per heavy atom. The molecule has 0 spiro atoms. The Bertz CT molecular complexity index is 1040. The molecular weight excluding hydrogens is 336 g/mol. The van der Waals surface area contributed by atoms with E-state index in [0.29, 0.717) is 11.9 Å². The van der Waals surface area contributed by atoms with Crippen LogP contribution in [-0.2, 0) is 0 Å². The van der Waals surface area contributed by atoms with Crippen LogP contribution in [0.5, 0.6) is 0 Å². The number of hydrogen-bond acceptors (Lipinski definition) is 4. The number of benzene rings is 2. The molecule has 1 saturated heterocycles. The third-order valence-corrected chi connectivity index (χ3v) is 5.29. The van der Waals surface area contributed by atoms with Gasteiger partial charge in [0.1, 0.15) is 17.0 Å². The van der Waals surface area contributed by atoms with E-state index in [2.05, 4.69) is 41.1 Å². The number of fused-ring (bicyclic) bond motifs is 1. The van der Waals surface area contributed by atoms with E-state index in [1.54, 1.807) is 0 Å². The van der Waals surface area contributed by atoms with E-state index in [1.807, 2.05) is 30.5 Å². The number of para-hydroxylation sites is 2. The number of nitrogens with zero attached hydrogens (tertiary/aromatic N) is 3. The van der Waals surface area contributed by atoms with Gasteiger partial charge in [-0.1, -0.05) is 42.0 Å². The van der Waals surface area contributed by atoms with Crippen molar-refractivity contribution in [3.05, 3.63) is 60.3 Å². The van der Waals surface area contributed by atoms with E-state index >= 15 is 0 Å². The molecule has 1 fully saturated rings. The maximum atomic E-state index is 6.07. The number of piperidine rings is 1. The molecule has 1 aliphatic rings. The molecule has 27 heavy (non-hydrogen) atoms. The molecule has 5 nitrogen and oxygen atoms in total. The Hall–Kier alpha value is -2.92. The van der Waals surface area contributed by atoms with Crippen LogP contribution in [-0.4, -0.2) is 27.6 Å². The molecule has 0 bridgehead atoms. The Labute approximate surface area is 158 Å². The molecule has 0 radical (unpaired) electrons. The topological polar surface area (TPSA) is 55.9 Å². The van der Waals surface area contributed by atoms with Crippen LogP contribution in [0, 0.1) is 6.92 Å². The molecule has 2 aromatic carbocycles. The van der Waals surface area contributed by atoms with Gasteiger partial charge in [-0.05, 0) is 45.0 Å². The fourth-order valence-corrected chi connectivity index (χ4v) is 3.85. The number of rotatable bonds is 3. The predicted molar refractivity (Wildman–Crippen MR) is 107 cm³/mol. The first-order chi connectivity index (χ1) is 13.3. The number of aromatic nitrogens is 3. The maximum Gasteiger partial charge on any atom is 0.245 e. The summed E-state index contributed by atoms with van der Waals surface area (Å²) >= 11 is 0. The van der Waals surface area contributed by atoms with Crippen molar-refractivity contribution < 1.29 is 4.42 Å². The summed E-state index contributed by atoms with van der Waals surface area (Å²) in [6.07, 6.45) is 4.05. The lowest BCUT2D eigenvalue weighted by Gasteiger charge is -2.27. The van der Waals surface area contributed by atoms with Crippen molar-refractivity contribution in [1.29, 1.82) is 0 Å². The molecule has 0 amide bonds. The van der Waals surface area contributed by atoms with Crippen LogP contribution < -0.4 is 5.32 Å². The average molecular weight is 358 g/mol. The smallest absolute Gasteiger partial charge is 0.245 e. The quantitative estimate of drug-likeness (QED) is 0.582. The van der Waals surface area contributed by atoms with Gasteiger partial charge in [0.2, 0.25) is 5.89 Å². The zero-order chi connectivity index (χ0) is 18.2. The normalized spacial score (nSPS) is 15.4. The lowest BCUT2D eigenvalue weighted by Crippen LogP contribution is -2.30. The fraction of sp³-hybridized carbons (Fsp3) is 0.273. The van der Waals surface area contributed by atoms with E-state index in [4.69, 9.17) is 14.4 Å². The summed E-state index contributed by atoms with van der Waals surface area (Å²) in [5.74, 6) is 1.62. The zero-order valence-electron chi connectivity index (χ0n) is 15.4. The summed E-state index contributed by atoms with van der Waals surface area (Å²) in [7, 11) is 0. The molecule has 4 aromatic rings. The van der Waals surface area contributed by atoms with Gasteiger partial charge in [0.15, 0.2) is 5.58 Å². The molecule has 0 saturated carbocycles. The molecule has 2 aromatic heterocycles. The van der Waals surface area contributed by atoms with Crippen LogP contribution in [0.4, 0.5) is 0 Å². The van der Waals surface area contributed by atoms with Crippen molar-refractivity contribution in [2.75, 3.05) is 13.1 Å². The summed E-state index contributed by atoms with van der Waals surface area (Å²) in [6, 6.07) is 16.8. The summed E-state index contributed by atoms with van der Waals surface area (Å²) < 4.78 is 8.40. The largest absolute Gasteiger partial charge is 0.435 e. The second kappa shape index (κ2) is 6.67. The number of oxazole rings is 1. The summed E-state index contributed by atoms with van der Waals surface area (Å²) in [5, 5.41) is 3.45. The Kier molecular flexibility index (Phi) is 4.02. The van der Waals surface area contributed by atoms with Crippen molar-refractivity contribution in [3.8, 4) is 23.0 Å². The molecule has 0 aliphatic carbocycles. The van der Waals surface area contributed by atoms with Crippen molar-refractivity contribution in [3.63, 3.8) is 0 Å². The van der Waals surface area contributed by atoms with Crippen LogP contribution in [0.1, 0.15) is 24.4 Å². The van der Waals surface area contributed by atoms with Gasteiger partial charge in [0.25, 0.3) is 0 Å². The minimum Gasteiger partial charge on any atom is -0.435 e. The minimum absolute atomic E-state index is 0.384. The highest BCUT2D eigenvalue weighted by molar-refractivity contribution is 5.76. The lowest BCUT2D eigenvalue weighted by molar-refractivity contribution is 0.371. The van der Waals surface area contributed by atoms with Crippen molar-refractivity contribution in [1.82, 2.24) is 19.9 Å². The molecule has 1 N–H and O–H groups in total. The van der Waals surface area contributed by atoms with E-state index in [1.165, 1.54) is 5.56 Å². The highest BCUT2D eigenvalue weighted by Gasteiger charge is 2.25. The first-order valence-electron chi connectivity index (χ1n) is 9.50. The van der Waals surface area contributed by atoms with E-state index in [0.717, 1.165) is 54.1 Å². The van der Waals surface area contributed by atoms with Gasteiger partial charge in [0.05, 0.1) is 6.20 Å². The van der Waals surface area contributed by atoms with Gasteiger partial charge in [-0.2, -0.15) is 0 Å². The fourth-order valence-electron chi connectivity index (χ4n) is 3.85. The summed E-state index contributed by atoms with van der Waals surface area (Å²) in [6.45, 7) is 4.14. The number of imidazole rings is 1. The summed E-state index contributed by atoms with van der Waals surface area (Å²) in [4.78, 5) is 9.50. The minimum atomic E-state index is 0.384. The number of aryl methyl sites for hydroxylation is 1. The van der Waals surface area contributed by atoms with Crippen LogP contribution in [0.2, 0.25) is 0 Å². The molecule has 5 rings (SSSR count). The van der Waals surface area contributed by atoms with Crippen molar-refractivity contribution in [2.45, 2.75) is 25.8 Å². The Morgan fingerprint density at radius 1 is 1.04 bits per heavy atom. The monoisotopic (exact) mass is 358 g/mol. The summed E-state index contributed by atoms with van der Waals surface area (Å²) in [5.41, 5.74) is 5.01. The molecular formula is C22H22N4O. The number of hydrogen-bond donors (Lipinski definition) is 1. The van der Waals surface area contributed by atoms with Crippen LogP contribution in [0.15, 0.2) is 59.1 Å². The van der Waals surface area contributed by atoms with Crippen molar-refractivity contribution >= 4 is 11.1 Å². The zero-order valence-corrected chi connectivity index (χ0v) is 15.4. The lowest BCUT2D eigenvalue weighted by atomic mass is 10.0. The van der Waals surface area contributed by atoms with E-state index in [-0.39, 0.29) is 0 Å². The SMILES string of the molecule is Cc1ccc(-c2ncc(-c3nc4ccccc4o3)n2C2CCNCC2)cc1. The van der Waals surface area contributed by atoms with Gasteiger partial charge < -0.3 is 14.3 Å². The van der Waals surface area contributed by atoms with Gasteiger partial charge in [0, 0.05) is 11.6 Å². The van der Waals surface area contributed by atoms with Crippen molar-refractivity contribution in [2.24, 2.45) is 0 Å². The van der Waals surface area contributed by atoms with Crippen LogP contribution in [0.25, 0.3) is 34.1 Å².